The fourth-order valence-corrected chi connectivity index (χ4v) is 6.92. The summed E-state index contributed by atoms with van der Waals surface area (Å²) >= 11 is 0. The molecular weight excluding hydrogens is 506 g/mol. The number of rotatable bonds is 8. The number of hydrogen-bond acceptors (Lipinski definition) is 9. The molecule has 0 aliphatic carbocycles. The summed E-state index contributed by atoms with van der Waals surface area (Å²) in [5.74, 6) is 1.26. The standard InChI is InChI=1S/C28H27N3O4S2/c1-2-28(33)22-14-24-26-19(15-31(24)16-20(22)17-35-27(28)32)12-18-13-21(7-8-23(18)30-26)34-10-5-11-36-37-25-6-3-4-9-29-25/h3-4,6-9,12-14,33H,2,5,10-11,15-17H2,1H3/t28-/m0/s1. The van der Waals surface area contributed by atoms with Gasteiger partial charge in [0.2, 0.25) is 0 Å². The van der Waals surface area contributed by atoms with Crippen molar-refractivity contribution >= 4 is 44.2 Å². The molecular formula is C28H27N3O4S2. The van der Waals surface area contributed by atoms with Gasteiger partial charge in [-0.3, -0.25) is 0 Å². The number of nitrogens with zero attached hydrogens (tertiary/aromatic N) is 3. The van der Waals surface area contributed by atoms with Crippen LogP contribution in [0.3, 0.4) is 0 Å². The first-order valence-electron chi connectivity index (χ1n) is 12.4. The Labute approximate surface area is 223 Å². The van der Waals surface area contributed by atoms with Crippen molar-refractivity contribution in [2.45, 2.75) is 36.9 Å². The lowest BCUT2D eigenvalue weighted by Gasteiger charge is -2.37. The van der Waals surface area contributed by atoms with Crippen LogP contribution in [-0.2, 0) is 16.1 Å². The van der Waals surface area contributed by atoms with Gasteiger partial charge in [-0.15, -0.1) is 0 Å². The number of esters is 1. The first kappa shape index (κ1) is 24.3. The number of fused-ring (bicyclic) bond motifs is 4. The molecule has 0 amide bonds. The molecule has 9 heteroatoms. The van der Waals surface area contributed by atoms with E-state index in [0.29, 0.717) is 18.7 Å². The van der Waals surface area contributed by atoms with Crippen molar-refractivity contribution in [1.29, 1.82) is 0 Å². The van der Waals surface area contributed by atoms with Gasteiger partial charge in [0.1, 0.15) is 17.4 Å². The van der Waals surface area contributed by atoms with E-state index in [-0.39, 0.29) is 13.0 Å². The molecule has 37 heavy (non-hydrogen) atoms. The molecule has 0 unspecified atom stereocenters. The Kier molecular flexibility index (Phi) is 6.60. The maximum Gasteiger partial charge on any atom is 0.343 e. The molecule has 1 atom stereocenters. The summed E-state index contributed by atoms with van der Waals surface area (Å²) in [5.41, 5.74) is 3.93. The van der Waals surface area contributed by atoms with Crippen LogP contribution < -0.4 is 4.74 Å². The van der Waals surface area contributed by atoms with Crippen LogP contribution in [0.5, 0.6) is 5.75 Å². The van der Waals surface area contributed by atoms with Gasteiger partial charge in [0.15, 0.2) is 5.60 Å². The number of pyridine rings is 2. The quantitative estimate of drug-likeness (QED) is 0.244. The predicted octanol–water partition coefficient (Wildman–Crippen LogP) is 5.00. The van der Waals surface area contributed by atoms with Gasteiger partial charge in [-0.1, -0.05) is 23.8 Å². The first-order chi connectivity index (χ1) is 18.0. The van der Waals surface area contributed by atoms with Crippen LogP contribution in [0.25, 0.3) is 16.6 Å². The Morgan fingerprint density at radius 3 is 2.97 bits per heavy atom. The van der Waals surface area contributed by atoms with Crippen molar-refractivity contribution in [3.63, 3.8) is 0 Å². The van der Waals surface area contributed by atoms with Crippen LogP contribution in [0.2, 0.25) is 0 Å². The molecule has 6 rings (SSSR count). The third-order valence-electron chi connectivity index (χ3n) is 6.95. The van der Waals surface area contributed by atoms with Crippen LogP contribution in [-0.4, -0.2) is 57.1 Å². The number of carbonyl (C=O) groups is 1. The highest BCUT2D eigenvalue weighted by Gasteiger charge is 2.46. The summed E-state index contributed by atoms with van der Waals surface area (Å²) in [5, 5.41) is 13.1. The van der Waals surface area contributed by atoms with Crippen LogP contribution in [0.15, 0.2) is 70.9 Å². The van der Waals surface area contributed by atoms with Gasteiger partial charge < -0.3 is 19.5 Å². The highest BCUT2D eigenvalue weighted by atomic mass is 33.1. The van der Waals surface area contributed by atoms with Crippen LogP contribution in [0.1, 0.15) is 31.0 Å². The minimum atomic E-state index is -1.59. The number of ether oxygens (including phenoxy) is 2. The van der Waals surface area contributed by atoms with Crippen molar-refractivity contribution in [3.8, 4) is 5.75 Å². The van der Waals surface area contributed by atoms with E-state index in [1.165, 1.54) is 0 Å². The van der Waals surface area contributed by atoms with E-state index in [0.717, 1.165) is 62.9 Å². The van der Waals surface area contributed by atoms with Gasteiger partial charge in [0.05, 0.1) is 23.5 Å². The van der Waals surface area contributed by atoms with Gasteiger partial charge in [0, 0.05) is 36.0 Å². The zero-order valence-electron chi connectivity index (χ0n) is 20.5. The van der Waals surface area contributed by atoms with E-state index in [2.05, 4.69) is 22.0 Å². The summed E-state index contributed by atoms with van der Waals surface area (Å²) in [6.45, 7) is 4.03. The highest BCUT2D eigenvalue weighted by molar-refractivity contribution is 8.76. The Hall–Kier alpha value is -3.01. The molecule has 3 aliphatic rings. The molecule has 1 N–H and O–H groups in total. The maximum atomic E-state index is 12.4. The molecule has 0 spiro atoms. The summed E-state index contributed by atoms with van der Waals surface area (Å²) in [6.07, 6.45) is 4.97. The molecule has 3 aliphatic heterocycles. The summed E-state index contributed by atoms with van der Waals surface area (Å²) < 4.78 is 11.3. The molecule has 7 nitrogen and oxygen atoms in total. The SMILES string of the molecule is CC[C@@]1(O)C(=O)OCC2=C1C=C1c3nc4ccc(OCCCSSc5ccccn5)cc4cc3CN1C2. The van der Waals surface area contributed by atoms with E-state index < -0.39 is 11.6 Å². The largest absolute Gasteiger partial charge is 0.494 e. The fraction of sp³-hybridized carbons (Fsp3) is 0.321. The number of benzene rings is 1. The second-order valence-corrected chi connectivity index (χ2v) is 11.8. The van der Waals surface area contributed by atoms with Gasteiger partial charge >= 0.3 is 5.97 Å². The zero-order chi connectivity index (χ0) is 25.4. The third kappa shape index (κ3) is 4.60. The Balaban J connectivity index is 1.14. The topological polar surface area (TPSA) is 84.8 Å². The lowest BCUT2D eigenvalue weighted by Crippen LogP contribution is -2.47. The summed E-state index contributed by atoms with van der Waals surface area (Å²) in [4.78, 5) is 23.9. The number of aromatic nitrogens is 2. The Morgan fingerprint density at radius 2 is 2.14 bits per heavy atom. The lowest BCUT2D eigenvalue weighted by molar-refractivity contribution is -0.163. The number of cyclic esters (lactones) is 1. The molecule has 190 valence electrons. The number of aliphatic hydroxyl groups is 1. The van der Waals surface area contributed by atoms with E-state index in [1.807, 2.05) is 42.6 Å². The second kappa shape index (κ2) is 10.0. The normalized spacial score (nSPS) is 20.3. The van der Waals surface area contributed by atoms with E-state index >= 15 is 0 Å². The van der Waals surface area contributed by atoms with E-state index in [9.17, 15) is 9.90 Å². The van der Waals surface area contributed by atoms with Crippen molar-refractivity contribution in [2.75, 3.05) is 25.5 Å². The van der Waals surface area contributed by atoms with Crippen molar-refractivity contribution in [3.05, 3.63) is 77.1 Å². The van der Waals surface area contributed by atoms with Crippen LogP contribution >= 0.6 is 21.6 Å². The van der Waals surface area contributed by atoms with E-state index in [1.54, 1.807) is 28.5 Å². The average molecular weight is 534 g/mol. The molecule has 2 aromatic heterocycles. The van der Waals surface area contributed by atoms with Gasteiger partial charge in [0.25, 0.3) is 0 Å². The van der Waals surface area contributed by atoms with Gasteiger partial charge in [-0.2, -0.15) is 0 Å². The van der Waals surface area contributed by atoms with Crippen LogP contribution in [0.4, 0.5) is 0 Å². The number of hydrogen-bond donors (Lipinski definition) is 1. The molecule has 0 radical (unpaired) electrons. The highest BCUT2D eigenvalue weighted by Crippen LogP contribution is 2.42. The van der Waals surface area contributed by atoms with Gasteiger partial charge in [-0.25, -0.2) is 14.8 Å². The second-order valence-electron chi connectivity index (χ2n) is 9.32. The summed E-state index contributed by atoms with van der Waals surface area (Å²) in [7, 11) is 3.47. The van der Waals surface area contributed by atoms with Crippen molar-refractivity contribution in [2.24, 2.45) is 0 Å². The molecule has 0 saturated heterocycles. The molecule has 3 aromatic rings. The molecule has 0 saturated carbocycles. The number of carbonyl (C=O) groups excluding carboxylic acids is 1. The Bertz CT molecular complexity index is 1430. The zero-order valence-corrected chi connectivity index (χ0v) is 22.1. The third-order valence-corrected chi connectivity index (χ3v) is 9.30. The van der Waals surface area contributed by atoms with Crippen molar-refractivity contribution in [1.82, 2.24) is 14.9 Å². The molecule has 5 heterocycles. The molecule has 1 aromatic carbocycles. The average Bonchev–Trinajstić information content (AvgIpc) is 3.27. The maximum absolute atomic E-state index is 12.4. The first-order valence-corrected chi connectivity index (χ1v) is 14.7. The summed E-state index contributed by atoms with van der Waals surface area (Å²) in [6, 6.07) is 14.1. The van der Waals surface area contributed by atoms with Crippen molar-refractivity contribution < 1.29 is 19.4 Å². The Morgan fingerprint density at radius 1 is 1.22 bits per heavy atom. The van der Waals surface area contributed by atoms with E-state index in [4.69, 9.17) is 14.5 Å². The predicted molar refractivity (Wildman–Crippen MR) is 146 cm³/mol. The molecule has 0 fully saturated rings. The van der Waals surface area contributed by atoms with Crippen LogP contribution in [0, 0.1) is 0 Å². The lowest BCUT2D eigenvalue weighted by atomic mass is 9.83. The minimum absolute atomic E-state index is 0.226. The fourth-order valence-electron chi connectivity index (χ4n) is 4.98. The molecule has 0 bridgehead atoms. The van der Waals surface area contributed by atoms with Gasteiger partial charge in [-0.05, 0) is 77.2 Å². The minimum Gasteiger partial charge on any atom is -0.494 e. The smallest absolute Gasteiger partial charge is 0.343 e. The monoisotopic (exact) mass is 533 g/mol.